The maximum Gasteiger partial charge on any atom is 0.127 e. The van der Waals surface area contributed by atoms with Crippen LogP contribution in [0.3, 0.4) is 0 Å². The molecule has 17 heavy (non-hydrogen) atoms. The second-order valence-corrected chi connectivity index (χ2v) is 6.86. The van der Waals surface area contributed by atoms with E-state index in [-0.39, 0.29) is 5.41 Å². The van der Waals surface area contributed by atoms with Gasteiger partial charge in [-0.15, -0.1) is 0 Å². The van der Waals surface area contributed by atoms with Gasteiger partial charge in [0.1, 0.15) is 6.29 Å². The molecule has 2 aliphatic heterocycles. The molecule has 0 amide bonds. The highest BCUT2D eigenvalue weighted by atomic mass is 32.2. The quantitative estimate of drug-likeness (QED) is 0.721. The van der Waals surface area contributed by atoms with Crippen molar-refractivity contribution in [2.24, 2.45) is 5.41 Å². The van der Waals surface area contributed by atoms with E-state index in [1.807, 2.05) is 11.8 Å². The standard InChI is InChI=1S/C13H23NO2S/c1-11-12(2)17-8-5-14(11)9-13(10-15)3-6-16-7-4-13/h10-12H,3-9H2,1-2H3. The van der Waals surface area contributed by atoms with Crippen LogP contribution in [0.25, 0.3) is 0 Å². The molecule has 0 saturated carbocycles. The Hall–Kier alpha value is -0.0600. The predicted octanol–water partition coefficient (Wildman–Crippen LogP) is 1.81. The van der Waals surface area contributed by atoms with Gasteiger partial charge in [-0.2, -0.15) is 11.8 Å². The number of carbonyl (C=O) groups is 1. The Morgan fingerprint density at radius 2 is 2.12 bits per heavy atom. The second kappa shape index (κ2) is 5.72. The van der Waals surface area contributed by atoms with Crippen molar-refractivity contribution in [2.45, 2.75) is 38.0 Å². The molecule has 0 bridgehead atoms. The molecule has 0 N–H and O–H groups in total. The van der Waals surface area contributed by atoms with Gasteiger partial charge >= 0.3 is 0 Å². The van der Waals surface area contributed by atoms with Gasteiger partial charge in [0, 0.05) is 48.8 Å². The fourth-order valence-electron chi connectivity index (χ4n) is 2.71. The van der Waals surface area contributed by atoms with E-state index in [1.165, 1.54) is 12.0 Å². The normalized spacial score (nSPS) is 34.5. The number of thioether (sulfide) groups is 1. The van der Waals surface area contributed by atoms with Crippen molar-refractivity contribution in [2.75, 3.05) is 32.1 Å². The summed E-state index contributed by atoms with van der Waals surface area (Å²) in [6, 6.07) is 0.577. The van der Waals surface area contributed by atoms with E-state index in [1.54, 1.807) is 0 Å². The molecule has 2 fully saturated rings. The van der Waals surface area contributed by atoms with Crippen molar-refractivity contribution in [1.29, 1.82) is 0 Å². The molecule has 0 aromatic carbocycles. The number of carbonyl (C=O) groups excluding carboxylic acids is 1. The number of hydrogen-bond donors (Lipinski definition) is 0. The molecule has 0 aromatic rings. The Balaban J connectivity index is 1.99. The minimum absolute atomic E-state index is 0.145. The largest absolute Gasteiger partial charge is 0.381 e. The van der Waals surface area contributed by atoms with E-state index >= 15 is 0 Å². The summed E-state index contributed by atoms with van der Waals surface area (Å²) in [6.45, 7) is 8.10. The van der Waals surface area contributed by atoms with Gasteiger partial charge in [-0.05, 0) is 19.8 Å². The van der Waals surface area contributed by atoms with Gasteiger partial charge in [0.05, 0.1) is 0 Å². The lowest BCUT2D eigenvalue weighted by Crippen LogP contribution is -2.51. The van der Waals surface area contributed by atoms with Crippen molar-refractivity contribution in [3.05, 3.63) is 0 Å². The van der Waals surface area contributed by atoms with Crippen LogP contribution in [-0.4, -0.2) is 54.5 Å². The summed E-state index contributed by atoms with van der Waals surface area (Å²) in [6.07, 6.45) is 2.97. The molecule has 2 aliphatic rings. The highest BCUT2D eigenvalue weighted by Gasteiger charge is 2.37. The molecule has 2 atom stereocenters. The summed E-state index contributed by atoms with van der Waals surface area (Å²) in [5.41, 5.74) is -0.145. The van der Waals surface area contributed by atoms with Crippen LogP contribution >= 0.6 is 11.8 Å². The molecule has 0 aliphatic carbocycles. The zero-order valence-corrected chi connectivity index (χ0v) is 11.7. The summed E-state index contributed by atoms with van der Waals surface area (Å²) in [4.78, 5) is 14.0. The molecule has 2 saturated heterocycles. The van der Waals surface area contributed by atoms with Gasteiger partial charge < -0.3 is 9.53 Å². The van der Waals surface area contributed by atoms with Crippen molar-refractivity contribution in [1.82, 2.24) is 4.90 Å². The Morgan fingerprint density at radius 3 is 2.76 bits per heavy atom. The molecule has 2 unspecified atom stereocenters. The van der Waals surface area contributed by atoms with Crippen LogP contribution in [0.4, 0.5) is 0 Å². The highest BCUT2D eigenvalue weighted by molar-refractivity contribution is 8.00. The molecule has 4 heteroatoms. The van der Waals surface area contributed by atoms with Crippen molar-refractivity contribution in [3.63, 3.8) is 0 Å². The minimum atomic E-state index is -0.145. The topological polar surface area (TPSA) is 29.5 Å². The van der Waals surface area contributed by atoms with Gasteiger partial charge in [-0.25, -0.2) is 0 Å². The smallest absolute Gasteiger partial charge is 0.127 e. The maximum atomic E-state index is 11.5. The van der Waals surface area contributed by atoms with Gasteiger partial charge in [0.2, 0.25) is 0 Å². The van der Waals surface area contributed by atoms with Gasteiger partial charge in [-0.1, -0.05) is 6.92 Å². The fourth-order valence-corrected chi connectivity index (χ4v) is 3.88. The first-order chi connectivity index (χ1) is 8.17. The van der Waals surface area contributed by atoms with E-state index in [0.717, 1.165) is 39.1 Å². The highest BCUT2D eigenvalue weighted by Crippen LogP contribution is 2.33. The van der Waals surface area contributed by atoms with Crippen LogP contribution in [0.1, 0.15) is 26.7 Å². The van der Waals surface area contributed by atoms with Crippen LogP contribution in [-0.2, 0) is 9.53 Å². The van der Waals surface area contributed by atoms with E-state index in [4.69, 9.17) is 4.74 Å². The van der Waals surface area contributed by atoms with E-state index in [2.05, 4.69) is 18.7 Å². The Morgan fingerprint density at radius 1 is 1.41 bits per heavy atom. The molecular formula is C13H23NO2S. The molecule has 2 rings (SSSR count). The van der Waals surface area contributed by atoms with Crippen LogP contribution in [0.15, 0.2) is 0 Å². The summed E-state index contributed by atoms with van der Waals surface area (Å²) in [5, 5.41) is 0.673. The monoisotopic (exact) mass is 257 g/mol. The zero-order chi connectivity index (χ0) is 12.3. The Labute approximate surface area is 108 Å². The van der Waals surface area contributed by atoms with Crippen LogP contribution in [0.5, 0.6) is 0 Å². The number of nitrogens with zero attached hydrogens (tertiary/aromatic N) is 1. The third kappa shape index (κ3) is 3.04. The third-order valence-corrected chi connectivity index (χ3v) is 5.61. The number of rotatable bonds is 3. The molecule has 3 nitrogen and oxygen atoms in total. The third-order valence-electron chi connectivity index (χ3n) is 4.27. The molecule has 98 valence electrons. The first kappa shape index (κ1) is 13.4. The van der Waals surface area contributed by atoms with Crippen LogP contribution < -0.4 is 0 Å². The lowest BCUT2D eigenvalue weighted by Gasteiger charge is -2.43. The van der Waals surface area contributed by atoms with Crippen molar-refractivity contribution >= 4 is 18.0 Å². The van der Waals surface area contributed by atoms with Crippen molar-refractivity contribution < 1.29 is 9.53 Å². The summed E-state index contributed by atoms with van der Waals surface area (Å²) in [7, 11) is 0. The average molecular weight is 257 g/mol. The van der Waals surface area contributed by atoms with E-state index in [9.17, 15) is 4.79 Å². The summed E-state index contributed by atoms with van der Waals surface area (Å²) in [5.74, 6) is 1.19. The maximum absolute atomic E-state index is 11.5. The van der Waals surface area contributed by atoms with Gasteiger partial charge in [0.15, 0.2) is 0 Å². The lowest BCUT2D eigenvalue weighted by molar-refractivity contribution is -0.123. The molecular weight excluding hydrogens is 234 g/mol. The summed E-state index contributed by atoms with van der Waals surface area (Å²) >= 11 is 2.04. The van der Waals surface area contributed by atoms with Crippen molar-refractivity contribution in [3.8, 4) is 0 Å². The predicted molar refractivity (Wildman–Crippen MR) is 71.5 cm³/mol. The Kier molecular flexibility index (Phi) is 4.50. The number of hydrogen-bond acceptors (Lipinski definition) is 4. The van der Waals surface area contributed by atoms with Gasteiger partial charge in [0.25, 0.3) is 0 Å². The number of ether oxygens (including phenoxy) is 1. The molecule has 0 radical (unpaired) electrons. The average Bonchev–Trinajstić information content (AvgIpc) is 2.36. The number of aldehydes is 1. The lowest BCUT2D eigenvalue weighted by atomic mass is 9.81. The summed E-state index contributed by atoms with van der Waals surface area (Å²) < 4.78 is 5.38. The molecule has 0 aromatic heterocycles. The second-order valence-electron chi connectivity index (χ2n) is 5.38. The SMILES string of the molecule is CC1SCCN(CC2(C=O)CCOCC2)C1C. The fraction of sp³-hybridized carbons (Fsp3) is 0.923. The first-order valence-electron chi connectivity index (χ1n) is 6.57. The molecule has 0 spiro atoms. The Bertz CT molecular complexity index is 266. The van der Waals surface area contributed by atoms with Gasteiger partial charge in [-0.3, -0.25) is 4.90 Å². The molecule has 2 heterocycles. The minimum Gasteiger partial charge on any atom is -0.381 e. The van der Waals surface area contributed by atoms with E-state index in [0.29, 0.717) is 11.3 Å². The van der Waals surface area contributed by atoms with Crippen LogP contribution in [0, 0.1) is 5.41 Å². The van der Waals surface area contributed by atoms with Crippen LogP contribution in [0.2, 0.25) is 0 Å². The zero-order valence-electron chi connectivity index (χ0n) is 10.9. The first-order valence-corrected chi connectivity index (χ1v) is 7.61. The van der Waals surface area contributed by atoms with E-state index < -0.39 is 0 Å².